The van der Waals surface area contributed by atoms with Crippen LogP contribution in [0.25, 0.3) is 11.1 Å². The monoisotopic (exact) mass is 398 g/mol. The minimum Gasteiger partial charge on any atom is -0.449 e. The van der Waals surface area contributed by atoms with Crippen LogP contribution in [0.5, 0.6) is 0 Å². The number of halogens is 1. The summed E-state index contributed by atoms with van der Waals surface area (Å²) >= 11 is 0. The third-order valence-corrected chi connectivity index (χ3v) is 6.72. The van der Waals surface area contributed by atoms with E-state index in [1.165, 1.54) is 22.3 Å². The second kappa shape index (κ2) is 7.76. The molecule has 3 N–H and O–H groups in total. The first-order valence-electron chi connectivity index (χ1n) is 10.1. The summed E-state index contributed by atoms with van der Waals surface area (Å²) in [4.78, 5) is 12.4. The molecule has 0 spiro atoms. The van der Waals surface area contributed by atoms with Crippen LogP contribution in [0.15, 0.2) is 48.5 Å². The lowest BCUT2D eigenvalue weighted by Gasteiger charge is -2.17. The first-order valence-corrected chi connectivity index (χ1v) is 10.1. The van der Waals surface area contributed by atoms with Crippen molar-refractivity contribution in [2.75, 3.05) is 6.61 Å². The van der Waals surface area contributed by atoms with Gasteiger partial charge in [-0.3, -0.25) is 0 Å². The van der Waals surface area contributed by atoms with E-state index in [2.05, 4.69) is 53.8 Å². The fraction of sp³-hybridized carbons (Fsp3) is 0.435. The summed E-state index contributed by atoms with van der Waals surface area (Å²) in [7, 11) is 0. The lowest BCUT2D eigenvalue weighted by molar-refractivity contribution is 0.138. The van der Waals surface area contributed by atoms with E-state index in [9.17, 15) is 4.79 Å². The number of nitrogens with two attached hydrogens (primary N) is 1. The van der Waals surface area contributed by atoms with Crippen molar-refractivity contribution in [1.82, 2.24) is 5.32 Å². The number of carbonyl (C=O) groups excluding carboxylic acids is 1. The van der Waals surface area contributed by atoms with Gasteiger partial charge in [0.05, 0.1) is 0 Å². The predicted octanol–water partition coefficient (Wildman–Crippen LogP) is 4.46. The van der Waals surface area contributed by atoms with Gasteiger partial charge in [0, 0.05) is 18.0 Å². The fourth-order valence-electron chi connectivity index (χ4n) is 5.59. The van der Waals surface area contributed by atoms with Crippen molar-refractivity contribution in [3.8, 4) is 11.1 Å². The van der Waals surface area contributed by atoms with Gasteiger partial charge in [0.15, 0.2) is 0 Å². The molecule has 2 aromatic rings. The number of rotatable bonds is 3. The fourth-order valence-corrected chi connectivity index (χ4v) is 5.59. The lowest BCUT2D eigenvalue weighted by atomic mass is 9.98. The topological polar surface area (TPSA) is 64.3 Å². The maximum atomic E-state index is 12.4. The average molecular weight is 399 g/mol. The molecular formula is C23H27ClN2O2. The molecule has 28 heavy (non-hydrogen) atoms. The van der Waals surface area contributed by atoms with E-state index in [0.29, 0.717) is 24.5 Å². The maximum Gasteiger partial charge on any atom is 0.407 e. The van der Waals surface area contributed by atoms with Crippen LogP contribution in [-0.2, 0) is 4.74 Å². The van der Waals surface area contributed by atoms with Crippen LogP contribution in [0.1, 0.15) is 42.7 Å². The zero-order valence-electron chi connectivity index (χ0n) is 15.8. The van der Waals surface area contributed by atoms with Gasteiger partial charge in [-0.2, -0.15) is 0 Å². The highest BCUT2D eigenvalue weighted by Gasteiger charge is 2.41. The van der Waals surface area contributed by atoms with Gasteiger partial charge in [-0.25, -0.2) is 4.79 Å². The highest BCUT2D eigenvalue weighted by molar-refractivity contribution is 5.85. The van der Waals surface area contributed by atoms with E-state index in [4.69, 9.17) is 10.5 Å². The Morgan fingerprint density at radius 2 is 1.46 bits per heavy atom. The molecule has 2 atom stereocenters. The van der Waals surface area contributed by atoms with Crippen molar-refractivity contribution in [3.63, 3.8) is 0 Å². The second-order valence-electron chi connectivity index (χ2n) is 8.39. The summed E-state index contributed by atoms with van der Waals surface area (Å²) < 4.78 is 5.67. The first-order chi connectivity index (χ1) is 13.2. The largest absolute Gasteiger partial charge is 0.449 e. The number of alkyl carbamates (subject to hydrolysis) is 1. The Bertz CT molecular complexity index is 812. The lowest BCUT2D eigenvalue weighted by Crippen LogP contribution is -2.35. The van der Waals surface area contributed by atoms with Gasteiger partial charge in [-0.05, 0) is 59.8 Å². The summed E-state index contributed by atoms with van der Waals surface area (Å²) in [5.41, 5.74) is 11.1. The van der Waals surface area contributed by atoms with E-state index in [1.807, 2.05) is 0 Å². The predicted molar refractivity (Wildman–Crippen MR) is 113 cm³/mol. The highest BCUT2D eigenvalue weighted by Crippen LogP contribution is 2.45. The minimum atomic E-state index is -0.286. The van der Waals surface area contributed by atoms with Crippen LogP contribution in [0, 0.1) is 11.8 Å². The molecular weight excluding hydrogens is 372 g/mol. The number of ether oxygens (including phenoxy) is 1. The van der Waals surface area contributed by atoms with E-state index < -0.39 is 0 Å². The standard InChI is InChI=1S/C23H26N2O2.ClH/c24-16-9-14-11-17(12-15(14)10-16)25-23(26)27-13-22-20-7-3-1-5-18(20)19-6-2-4-8-21(19)22;/h1-8,14-17,22H,9-13,24H2,(H,25,26);1H. The third-order valence-electron chi connectivity index (χ3n) is 6.72. The van der Waals surface area contributed by atoms with Crippen molar-refractivity contribution >= 4 is 18.5 Å². The smallest absolute Gasteiger partial charge is 0.407 e. The summed E-state index contributed by atoms with van der Waals surface area (Å²) in [6.45, 7) is 0.379. The summed E-state index contributed by atoms with van der Waals surface area (Å²) in [6, 6.07) is 17.4. The Morgan fingerprint density at radius 3 is 2.04 bits per heavy atom. The van der Waals surface area contributed by atoms with Gasteiger partial charge < -0.3 is 15.8 Å². The normalized spacial score (nSPS) is 27.5. The zero-order valence-corrected chi connectivity index (χ0v) is 16.7. The number of carbonyl (C=O) groups is 1. The molecule has 1 amide bonds. The van der Waals surface area contributed by atoms with E-state index >= 15 is 0 Å². The molecule has 4 nitrogen and oxygen atoms in total. The Hall–Kier alpha value is -2.04. The van der Waals surface area contributed by atoms with Gasteiger partial charge in [0.2, 0.25) is 0 Å². The molecule has 2 aromatic carbocycles. The van der Waals surface area contributed by atoms with Crippen molar-refractivity contribution in [2.45, 2.75) is 43.7 Å². The molecule has 0 bridgehead atoms. The van der Waals surface area contributed by atoms with E-state index in [1.54, 1.807) is 0 Å². The summed E-state index contributed by atoms with van der Waals surface area (Å²) in [6.07, 6.45) is 4.01. The highest BCUT2D eigenvalue weighted by atomic mass is 35.5. The molecule has 0 radical (unpaired) electrons. The van der Waals surface area contributed by atoms with Gasteiger partial charge >= 0.3 is 6.09 Å². The van der Waals surface area contributed by atoms with Gasteiger partial charge in [0.25, 0.3) is 0 Å². The number of amides is 1. The van der Waals surface area contributed by atoms with Gasteiger partial charge in [-0.1, -0.05) is 48.5 Å². The Kier molecular flexibility index (Phi) is 5.35. The van der Waals surface area contributed by atoms with Crippen LogP contribution >= 0.6 is 12.4 Å². The molecule has 0 aliphatic heterocycles. The Morgan fingerprint density at radius 1 is 0.929 bits per heavy atom. The van der Waals surface area contributed by atoms with Crippen LogP contribution < -0.4 is 11.1 Å². The molecule has 148 valence electrons. The second-order valence-corrected chi connectivity index (χ2v) is 8.39. The summed E-state index contributed by atoms with van der Waals surface area (Å²) in [5, 5.41) is 3.09. The molecule has 3 aliphatic rings. The van der Waals surface area contributed by atoms with Crippen LogP contribution in [-0.4, -0.2) is 24.8 Å². The Balaban J connectivity index is 0.00000192. The SMILES string of the molecule is Cl.NC1CC2CC(NC(=O)OCC3c4ccccc4-c4ccccc43)CC2C1. The molecule has 3 aliphatic carbocycles. The van der Waals surface area contributed by atoms with Gasteiger partial charge in [0.1, 0.15) is 6.61 Å². The molecule has 2 saturated carbocycles. The van der Waals surface area contributed by atoms with Crippen molar-refractivity contribution in [2.24, 2.45) is 17.6 Å². The number of hydrogen-bond donors (Lipinski definition) is 2. The average Bonchev–Trinajstić information content (AvgIpc) is 3.29. The third kappa shape index (κ3) is 3.40. The quantitative estimate of drug-likeness (QED) is 0.802. The van der Waals surface area contributed by atoms with Crippen LogP contribution in [0.4, 0.5) is 4.79 Å². The van der Waals surface area contributed by atoms with Gasteiger partial charge in [-0.15, -0.1) is 12.4 Å². The molecule has 2 fully saturated rings. The molecule has 0 heterocycles. The van der Waals surface area contributed by atoms with Crippen LogP contribution in [0.3, 0.4) is 0 Å². The number of hydrogen-bond acceptors (Lipinski definition) is 3. The Labute approximate surface area is 172 Å². The molecule has 0 saturated heterocycles. The molecule has 5 rings (SSSR count). The number of benzene rings is 2. The summed E-state index contributed by atoms with van der Waals surface area (Å²) in [5.74, 6) is 1.47. The maximum absolute atomic E-state index is 12.4. The molecule has 5 heteroatoms. The zero-order chi connectivity index (χ0) is 18.4. The number of fused-ring (bicyclic) bond motifs is 4. The van der Waals surface area contributed by atoms with Crippen molar-refractivity contribution < 1.29 is 9.53 Å². The van der Waals surface area contributed by atoms with Crippen LogP contribution in [0.2, 0.25) is 0 Å². The van der Waals surface area contributed by atoms with Crippen molar-refractivity contribution in [3.05, 3.63) is 59.7 Å². The number of nitrogens with one attached hydrogen (secondary N) is 1. The molecule has 2 unspecified atom stereocenters. The van der Waals surface area contributed by atoms with Crippen molar-refractivity contribution in [1.29, 1.82) is 0 Å². The molecule has 0 aromatic heterocycles. The first kappa shape index (κ1) is 19.3. The minimum absolute atomic E-state index is 0. The van der Waals surface area contributed by atoms with E-state index in [0.717, 1.165) is 25.7 Å². The van der Waals surface area contributed by atoms with E-state index in [-0.39, 0.29) is 30.5 Å².